The Hall–Kier alpha value is -1.39. The summed E-state index contributed by atoms with van der Waals surface area (Å²) in [6.45, 7) is 1.84. The normalized spacial score (nSPS) is 12.3. The van der Waals surface area contributed by atoms with Crippen LogP contribution in [-0.4, -0.2) is 12.2 Å². The Bertz CT molecular complexity index is 599. The van der Waals surface area contributed by atoms with Gasteiger partial charge in [0, 0.05) is 10.0 Å². The Kier molecular flexibility index (Phi) is 4.22. The summed E-state index contributed by atoms with van der Waals surface area (Å²) in [5.74, 6) is 0.282. The van der Waals surface area contributed by atoms with E-state index < -0.39 is 6.10 Å². The van der Waals surface area contributed by atoms with Gasteiger partial charge >= 0.3 is 0 Å². The minimum atomic E-state index is -0.903. The van der Waals surface area contributed by atoms with Gasteiger partial charge in [0.2, 0.25) is 0 Å². The lowest BCUT2D eigenvalue weighted by Crippen LogP contribution is -2.04. The highest BCUT2D eigenvalue weighted by molar-refractivity contribution is 9.10. The average Bonchev–Trinajstić information content (AvgIpc) is 2.41. The van der Waals surface area contributed by atoms with Crippen LogP contribution in [0.15, 0.2) is 40.9 Å². The molecule has 0 bridgehead atoms. The second kappa shape index (κ2) is 5.72. The van der Waals surface area contributed by atoms with E-state index in [0.717, 1.165) is 10.0 Å². The maximum absolute atomic E-state index is 13.3. The van der Waals surface area contributed by atoms with Crippen LogP contribution in [0.5, 0.6) is 5.75 Å². The van der Waals surface area contributed by atoms with Crippen LogP contribution in [0.2, 0.25) is 0 Å². The van der Waals surface area contributed by atoms with Gasteiger partial charge in [-0.1, -0.05) is 22.0 Å². The molecular weight excluding hydrogens is 311 g/mol. The predicted molar refractivity (Wildman–Crippen MR) is 75.9 cm³/mol. The van der Waals surface area contributed by atoms with Gasteiger partial charge in [-0.15, -0.1) is 0 Å². The Morgan fingerprint density at radius 1 is 1.16 bits per heavy atom. The first-order valence-electron chi connectivity index (χ1n) is 5.80. The van der Waals surface area contributed by atoms with Crippen LogP contribution >= 0.6 is 15.9 Å². The van der Waals surface area contributed by atoms with Crippen molar-refractivity contribution in [1.82, 2.24) is 0 Å². The number of ether oxygens (including phenoxy) is 1. The molecule has 0 aliphatic rings. The quantitative estimate of drug-likeness (QED) is 0.925. The highest BCUT2D eigenvalue weighted by Gasteiger charge is 2.17. The molecule has 1 atom stereocenters. The van der Waals surface area contributed by atoms with Crippen molar-refractivity contribution in [2.24, 2.45) is 0 Å². The number of aliphatic hydroxyl groups excluding tert-OH is 1. The van der Waals surface area contributed by atoms with Crippen molar-refractivity contribution in [3.63, 3.8) is 0 Å². The van der Waals surface area contributed by atoms with Gasteiger partial charge in [-0.05, 0) is 48.4 Å². The molecule has 4 heteroatoms. The Balaban J connectivity index is 2.48. The number of rotatable bonds is 3. The zero-order valence-electron chi connectivity index (χ0n) is 10.7. The summed E-state index contributed by atoms with van der Waals surface area (Å²) in [4.78, 5) is 0. The molecule has 0 saturated carbocycles. The van der Waals surface area contributed by atoms with Crippen molar-refractivity contribution in [3.05, 3.63) is 63.4 Å². The molecule has 0 spiro atoms. The lowest BCUT2D eigenvalue weighted by Gasteiger charge is -2.16. The van der Waals surface area contributed by atoms with E-state index in [4.69, 9.17) is 4.74 Å². The third kappa shape index (κ3) is 2.96. The number of methoxy groups -OCH3 is 1. The maximum atomic E-state index is 13.3. The molecule has 0 aliphatic carbocycles. The van der Waals surface area contributed by atoms with E-state index in [9.17, 15) is 9.50 Å². The van der Waals surface area contributed by atoms with Gasteiger partial charge in [0.15, 0.2) is 0 Å². The SMILES string of the molecule is COc1ccc(Br)c(C(O)c2cc(F)ccc2C)c1. The standard InChI is InChI=1S/C15H14BrFO2/c1-9-3-4-10(17)7-12(9)15(18)13-8-11(19-2)5-6-14(13)16/h3-8,15,18H,1-2H3. The van der Waals surface area contributed by atoms with Crippen LogP contribution in [0, 0.1) is 12.7 Å². The largest absolute Gasteiger partial charge is 0.497 e. The molecule has 2 aromatic carbocycles. The second-order valence-electron chi connectivity index (χ2n) is 4.29. The molecule has 19 heavy (non-hydrogen) atoms. The molecule has 0 fully saturated rings. The maximum Gasteiger partial charge on any atom is 0.123 e. The molecule has 100 valence electrons. The summed E-state index contributed by atoms with van der Waals surface area (Å²) < 4.78 is 19.2. The van der Waals surface area contributed by atoms with Gasteiger partial charge in [-0.25, -0.2) is 4.39 Å². The zero-order chi connectivity index (χ0) is 14.0. The number of hydrogen-bond donors (Lipinski definition) is 1. The lowest BCUT2D eigenvalue weighted by atomic mass is 9.97. The minimum Gasteiger partial charge on any atom is -0.497 e. The van der Waals surface area contributed by atoms with Gasteiger partial charge in [0.05, 0.1) is 7.11 Å². The van der Waals surface area contributed by atoms with Crippen LogP contribution in [0.4, 0.5) is 4.39 Å². The van der Waals surface area contributed by atoms with Gasteiger partial charge in [0.25, 0.3) is 0 Å². The first kappa shape index (κ1) is 14.0. The summed E-state index contributed by atoms with van der Waals surface area (Å²) in [6, 6.07) is 9.71. The topological polar surface area (TPSA) is 29.5 Å². The molecule has 1 N–H and O–H groups in total. The Morgan fingerprint density at radius 3 is 2.58 bits per heavy atom. The molecule has 0 amide bonds. The zero-order valence-corrected chi connectivity index (χ0v) is 12.2. The third-order valence-electron chi connectivity index (χ3n) is 3.03. The number of halogens is 2. The fraction of sp³-hybridized carbons (Fsp3) is 0.200. The van der Waals surface area contributed by atoms with E-state index in [0.29, 0.717) is 16.9 Å². The highest BCUT2D eigenvalue weighted by Crippen LogP contribution is 2.33. The second-order valence-corrected chi connectivity index (χ2v) is 5.15. The first-order valence-corrected chi connectivity index (χ1v) is 6.59. The van der Waals surface area contributed by atoms with Crippen LogP contribution in [-0.2, 0) is 0 Å². The molecule has 2 rings (SSSR count). The predicted octanol–water partition coefficient (Wildman–Crippen LogP) is 3.99. The van der Waals surface area contributed by atoms with Crippen molar-refractivity contribution in [2.75, 3.05) is 7.11 Å². The van der Waals surface area contributed by atoms with Crippen LogP contribution < -0.4 is 4.74 Å². The Morgan fingerprint density at radius 2 is 1.89 bits per heavy atom. The number of hydrogen-bond acceptors (Lipinski definition) is 2. The van der Waals surface area contributed by atoms with Crippen molar-refractivity contribution in [1.29, 1.82) is 0 Å². The number of aryl methyl sites for hydroxylation is 1. The van der Waals surface area contributed by atoms with E-state index in [1.807, 2.05) is 6.92 Å². The average molecular weight is 325 g/mol. The molecule has 2 aromatic rings. The smallest absolute Gasteiger partial charge is 0.123 e. The van der Waals surface area contributed by atoms with E-state index in [2.05, 4.69) is 15.9 Å². The first-order chi connectivity index (χ1) is 9.02. The lowest BCUT2D eigenvalue weighted by molar-refractivity contribution is 0.217. The van der Waals surface area contributed by atoms with Gasteiger partial charge in [0.1, 0.15) is 17.7 Å². The van der Waals surface area contributed by atoms with E-state index in [-0.39, 0.29) is 5.82 Å². The fourth-order valence-corrected chi connectivity index (χ4v) is 2.40. The van der Waals surface area contributed by atoms with E-state index in [1.165, 1.54) is 12.1 Å². The van der Waals surface area contributed by atoms with Crippen molar-refractivity contribution >= 4 is 15.9 Å². The number of benzene rings is 2. The van der Waals surface area contributed by atoms with Crippen molar-refractivity contribution in [2.45, 2.75) is 13.0 Å². The van der Waals surface area contributed by atoms with Crippen LogP contribution in [0.3, 0.4) is 0 Å². The molecule has 2 nitrogen and oxygen atoms in total. The van der Waals surface area contributed by atoms with Gasteiger partial charge < -0.3 is 9.84 Å². The third-order valence-corrected chi connectivity index (χ3v) is 3.76. The summed E-state index contributed by atoms with van der Waals surface area (Å²) in [5.41, 5.74) is 2.03. The van der Waals surface area contributed by atoms with Crippen molar-refractivity contribution < 1.29 is 14.2 Å². The Labute approximate surface area is 120 Å². The number of aliphatic hydroxyl groups is 1. The molecule has 0 saturated heterocycles. The minimum absolute atomic E-state index is 0.362. The highest BCUT2D eigenvalue weighted by atomic mass is 79.9. The summed E-state index contributed by atoms with van der Waals surface area (Å²) in [5, 5.41) is 10.4. The molecule has 1 unspecified atom stereocenters. The summed E-state index contributed by atoms with van der Waals surface area (Å²) in [6.07, 6.45) is -0.903. The van der Waals surface area contributed by atoms with Crippen LogP contribution in [0.25, 0.3) is 0 Å². The van der Waals surface area contributed by atoms with Crippen molar-refractivity contribution in [3.8, 4) is 5.75 Å². The summed E-state index contributed by atoms with van der Waals surface area (Å²) in [7, 11) is 1.56. The molecule has 0 heterocycles. The monoisotopic (exact) mass is 324 g/mol. The molecule has 0 aliphatic heterocycles. The van der Waals surface area contributed by atoms with Gasteiger partial charge in [-0.3, -0.25) is 0 Å². The van der Waals surface area contributed by atoms with E-state index in [1.54, 1.807) is 31.4 Å². The molecule has 0 aromatic heterocycles. The molecular formula is C15H14BrFO2. The van der Waals surface area contributed by atoms with Gasteiger partial charge in [-0.2, -0.15) is 0 Å². The van der Waals surface area contributed by atoms with Crippen LogP contribution in [0.1, 0.15) is 22.8 Å². The summed E-state index contributed by atoms with van der Waals surface area (Å²) >= 11 is 3.39. The van der Waals surface area contributed by atoms with E-state index >= 15 is 0 Å². The molecule has 0 radical (unpaired) electrons. The fourth-order valence-electron chi connectivity index (χ4n) is 1.93.